The minimum atomic E-state index is -0.379. The predicted octanol–water partition coefficient (Wildman–Crippen LogP) is 0.0290. The molecule has 0 aromatic heterocycles. The van der Waals surface area contributed by atoms with Crippen LogP contribution in [0.5, 0.6) is 0 Å². The SMILES string of the molecule is CC(C)CNC(=O)NC(=O)C[NH+]1C[C@H](C)C[C@H](C)C1. The maximum atomic E-state index is 11.8. The molecule has 0 saturated carbocycles. The minimum absolute atomic E-state index is 0.183. The summed E-state index contributed by atoms with van der Waals surface area (Å²) in [6.45, 7) is 11.5. The van der Waals surface area contributed by atoms with Gasteiger partial charge in [-0.15, -0.1) is 0 Å². The molecular weight excluding hydrogens is 242 g/mol. The highest BCUT2D eigenvalue weighted by Gasteiger charge is 2.27. The van der Waals surface area contributed by atoms with Crippen molar-refractivity contribution in [2.75, 3.05) is 26.2 Å². The van der Waals surface area contributed by atoms with Gasteiger partial charge in [-0.3, -0.25) is 10.1 Å². The first-order valence-electron chi connectivity index (χ1n) is 7.28. The number of carbonyl (C=O) groups is 2. The van der Waals surface area contributed by atoms with Gasteiger partial charge < -0.3 is 10.2 Å². The van der Waals surface area contributed by atoms with Crippen LogP contribution in [0, 0.1) is 17.8 Å². The van der Waals surface area contributed by atoms with Gasteiger partial charge in [0.1, 0.15) is 0 Å². The molecule has 1 heterocycles. The summed E-state index contributed by atoms with van der Waals surface area (Å²) in [7, 11) is 0. The molecule has 19 heavy (non-hydrogen) atoms. The average molecular weight is 270 g/mol. The highest BCUT2D eigenvalue weighted by Crippen LogP contribution is 2.11. The van der Waals surface area contributed by atoms with E-state index in [0.717, 1.165) is 13.1 Å². The zero-order valence-electron chi connectivity index (χ0n) is 12.6. The summed E-state index contributed by atoms with van der Waals surface area (Å²) in [5.41, 5.74) is 0. The quantitative estimate of drug-likeness (QED) is 0.675. The van der Waals surface area contributed by atoms with E-state index in [1.54, 1.807) is 0 Å². The lowest BCUT2D eigenvalue weighted by Gasteiger charge is -2.31. The third kappa shape index (κ3) is 6.57. The van der Waals surface area contributed by atoms with Crippen LogP contribution in [-0.2, 0) is 4.79 Å². The Kier molecular flexibility index (Phi) is 6.28. The second-order valence-electron chi connectivity index (χ2n) is 6.43. The van der Waals surface area contributed by atoms with Crippen molar-refractivity contribution in [2.24, 2.45) is 17.8 Å². The summed E-state index contributed by atoms with van der Waals surface area (Å²) in [5, 5.41) is 5.09. The van der Waals surface area contributed by atoms with Crippen LogP contribution >= 0.6 is 0 Å². The van der Waals surface area contributed by atoms with E-state index in [1.807, 2.05) is 13.8 Å². The van der Waals surface area contributed by atoms with Gasteiger partial charge in [0.2, 0.25) is 0 Å². The molecule has 3 amide bonds. The van der Waals surface area contributed by atoms with Crippen LogP contribution in [0.25, 0.3) is 0 Å². The summed E-state index contributed by atoms with van der Waals surface area (Å²) in [4.78, 5) is 24.5. The van der Waals surface area contributed by atoms with E-state index >= 15 is 0 Å². The van der Waals surface area contributed by atoms with Crippen LogP contribution in [-0.4, -0.2) is 38.1 Å². The summed E-state index contributed by atoms with van der Waals surface area (Å²) < 4.78 is 0. The lowest BCUT2D eigenvalue weighted by atomic mass is 9.92. The lowest BCUT2D eigenvalue weighted by molar-refractivity contribution is -0.904. The van der Waals surface area contributed by atoms with Gasteiger partial charge in [0, 0.05) is 18.4 Å². The van der Waals surface area contributed by atoms with Crippen LogP contribution in [0.15, 0.2) is 0 Å². The zero-order chi connectivity index (χ0) is 14.4. The van der Waals surface area contributed by atoms with Crippen molar-refractivity contribution >= 4 is 11.9 Å². The number of quaternary nitrogens is 1. The van der Waals surface area contributed by atoms with Crippen molar-refractivity contribution < 1.29 is 14.5 Å². The Morgan fingerprint density at radius 2 is 1.79 bits per heavy atom. The maximum Gasteiger partial charge on any atom is 0.321 e. The third-order valence-corrected chi connectivity index (χ3v) is 3.41. The van der Waals surface area contributed by atoms with Crippen LogP contribution in [0.3, 0.4) is 0 Å². The van der Waals surface area contributed by atoms with E-state index in [1.165, 1.54) is 11.3 Å². The standard InChI is InChI=1S/C14H27N3O2/c1-10(2)6-15-14(19)16-13(18)9-17-7-11(3)5-12(4)8-17/h10-12H,5-9H2,1-4H3,(H2,15,16,18,19)/p+1/t11-,12+. The number of carbonyl (C=O) groups excluding carboxylic acids is 2. The Hall–Kier alpha value is -1.10. The number of amides is 3. The second kappa shape index (κ2) is 7.48. The molecule has 1 aliphatic heterocycles. The van der Waals surface area contributed by atoms with Gasteiger partial charge in [-0.05, 0) is 12.3 Å². The summed E-state index contributed by atoms with van der Waals surface area (Å²) in [6, 6.07) is -0.379. The molecule has 3 N–H and O–H groups in total. The zero-order valence-corrected chi connectivity index (χ0v) is 12.6. The monoisotopic (exact) mass is 270 g/mol. The average Bonchev–Trinajstić information content (AvgIpc) is 2.24. The predicted molar refractivity (Wildman–Crippen MR) is 74.9 cm³/mol. The van der Waals surface area contributed by atoms with Crippen molar-refractivity contribution in [3.8, 4) is 0 Å². The van der Waals surface area contributed by atoms with Crippen LogP contribution in [0.2, 0.25) is 0 Å². The minimum Gasteiger partial charge on any atom is -0.338 e. The van der Waals surface area contributed by atoms with E-state index in [4.69, 9.17) is 0 Å². The molecule has 0 bridgehead atoms. The molecule has 0 spiro atoms. The number of nitrogens with one attached hydrogen (secondary N) is 3. The summed E-state index contributed by atoms with van der Waals surface area (Å²) >= 11 is 0. The van der Waals surface area contributed by atoms with E-state index in [0.29, 0.717) is 30.8 Å². The van der Waals surface area contributed by atoms with Gasteiger partial charge in [-0.1, -0.05) is 27.7 Å². The molecule has 5 nitrogen and oxygen atoms in total. The molecule has 1 aliphatic rings. The molecule has 5 heteroatoms. The highest BCUT2D eigenvalue weighted by molar-refractivity contribution is 5.94. The van der Waals surface area contributed by atoms with Gasteiger partial charge in [0.15, 0.2) is 6.54 Å². The smallest absolute Gasteiger partial charge is 0.321 e. The first kappa shape index (κ1) is 16.0. The highest BCUT2D eigenvalue weighted by atomic mass is 16.2. The molecule has 3 atom stereocenters. The van der Waals surface area contributed by atoms with E-state index in [-0.39, 0.29) is 11.9 Å². The van der Waals surface area contributed by atoms with Crippen LogP contribution < -0.4 is 15.5 Å². The molecule has 0 aromatic rings. The van der Waals surface area contributed by atoms with Gasteiger partial charge in [0.25, 0.3) is 5.91 Å². The van der Waals surface area contributed by atoms with Crippen molar-refractivity contribution in [1.29, 1.82) is 0 Å². The third-order valence-electron chi connectivity index (χ3n) is 3.41. The van der Waals surface area contributed by atoms with Gasteiger partial charge in [-0.2, -0.15) is 0 Å². The maximum absolute atomic E-state index is 11.8. The molecule has 1 fully saturated rings. The fraction of sp³-hybridized carbons (Fsp3) is 0.857. The number of rotatable bonds is 4. The normalized spacial score (nSPS) is 27.1. The van der Waals surface area contributed by atoms with E-state index in [9.17, 15) is 9.59 Å². The van der Waals surface area contributed by atoms with Crippen molar-refractivity contribution in [1.82, 2.24) is 10.6 Å². The molecule has 1 rings (SSSR count). The summed E-state index contributed by atoms with van der Waals surface area (Å²) in [5.74, 6) is 1.51. The van der Waals surface area contributed by atoms with Gasteiger partial charge in [-0.25, -0.2) is 4.79 Å². The topological polar surface area (TPSA) is 62.6 Å². The molecule has 0 aromatic carbocycles. The molecule has 1 saturated heterocycles. The Balaban J connectivity index is 2.28. The fourth-order valence-electron chi connectivity index (χ4n) is 2.81. The summed E-state index contributed by atoms with van der Waals surface area (Å²) in [6.07, 6.45) is 1.24. The molecular formula is C14H28N3O2+. The largest absolute Gasteiger partial charge is 0.338 e. The van der Waals surface area contributed by atoms with Crippen molar-refractivity contribution in [3.05, 3.63) is 0 Å². The number of imide groups is 1. The number of piperidine rings is 1. The van der Waals surface area contributed by atoms with Crippen molar-refractivity contribution in [3.63, 3.8) is 0 Å². The lowest BCUT2D eigenvalue weighted by Crippen LogP contribution is -3.15. The van der Waals surface area contributed by atoms with Gasteiger partial charge >= 0.3 is 6.03 Å². The van der Waals surface area contributed by atoms with E-state index in [2.05, 4.69) is 24.5 Å². The second-order valence-corrected chi connectivity index (χ2v) is 6.43. The van der Waals surface area contributed by atoms with Crippen LogP contribution in [0.4, 0.5) is 4.79 Å². The first-order valence-corrected chi connectivity index (χ1v) is 7.28. The Morgan fingerprint density at radius 1 is 1.21 bits per heavy atom. The number of likely N-dealkylation sites (tertiary alicyclic amines) is 1. The first-order chi connectivity index (χ1) is 8.86. The molecule has 1 unspecified atom stereocenters. The number of urea groups is 1. The Bertz CT molecular complexity index is 308. The number of hydrogen-bond donors (Lipinski definition) is 3. The van der Waals surface area contributed by atoms with Crippen molar-refractivity contribution in [2.45, 2.75) is 34.1 Å². The van der Waals surface area contributed by atoms with E-state index < -0.39 is 0 Å². The van der Waals surface area contributed by atoms with Crippen LogP contribution in [0.1, 0.15) is 34.1 Å². The number of hydrogen-bond acceptors (Lipinski definition) is 2. The van der Waals surface area contributed by atoms with Gasteiger partial charge in [0.05, 0.1) is 13.1 Å². The molecule has 0 radical (unpaired) electrons. The molecule has 0 aliphatic carbocycles. The Morgan fingerprint density at radius 3 is 2.32 bits per heavy atom. The Labute approximate surface area is 116 Å². The molecule has 110 valence electrons. The fourth-order valence-corrected chi connectivity index (χ4v) is 2.81.